The Morgan fingerprint density at radius 1 is 1.17 bits per heavy atom. The van der Waals surface area contributed by atoms with Gasteiger partial charge in [-0.3, -0.25) is 10.1 Å². The number of nitrogens with one attached hydrogen (secondary N) is 2. The first-order chi connectivity index (χ1) is 14.1. The highest BCUT2D eigenvalue weighted by Crippen LogP contribution is 2.40. The van der Waals surface area contributed by atoms with Crippen LogP contribution in [0.25, 0.3) is 10.8 Å². The number of hydrogen-bond acceptors (Lipinski definition) is 5. The maximum absolute atomic E-state index is 10.8. The summed E-state index contributed by atoms with van der Waals surface area (Å²) in [5.41, 5.74) is 1.61. The second kappa shape index (κ2) is 8.02. The van der Waals surface area contributed by atoms with Gasteiger partial charge in [0.15, 0.2) is 5.11 Å². The highest BCUT2D eigenvalue weighted by atomic mass is 32.1. The maximum Gasteiger partial charge on any atom is 0.269 e. The molecule has 1 aliphatic heterocycles. The van der Waals surface area contributed by atoms with Gasteiger partial charge in [-0.15, -0.1) is 0 Å². The number of nitro benzene ring substituents is 1. The third-order valence-electron chi connectivity index (χ3n) is 5.02. The third kappa shape index (κ3) is 3.85. The van der Waals surface area contributed by atoms with Gasteiger partial charge in [0, 0.05) is 29.3 Å². The minimum Gasteiger partial charge on any atom is -0.493 e. The Kier molecular flexibility index (Phi) is 5.28. The monoisotopic (exact) mass is 409 g/mol. The van der Waals surface area contributed by atoms with Gasteiger partial charge >= 0.3 is 0 Å². The highest BCUT2D eigenvalue weighted by molar-refractivity contribution is 7.80. The summed E-state index contributed by atoms with van der Waals surface area (Å²) < 4.78 is 5.87. The molecule has 1 aliphatic rings. The second-order valence-electron chi connectivity index (χ2n) is 6.83. The summed E-state index contributed by atoms with van der Waals surface area (Å²) in [4.78, 5) is 10.4. The Morgan fingerprint density at radius 3 is 2.66 bits per heavy atom. The van der Waals surface area contributed by atoms with E-state index < -0.39 is 4.92 Å². The predicted octanol–water partition coefficient (Wildman–Crippen LogP) is 3.78. The van der Waals surface area contributed by atoms with Crippen LogP contribution in [0.5, 0.6) is 5.75 Å². The SMILES string of the molecule is O=[N+]([O-])c1ccc(NC(=S)N[C@@H]2c3c(ccc4ccccc34)OC[C@@H]2CO)cc1. The van der Waals surface area contributed by atoms with Crippen molar-refractivity contribution >= 4 is 39.5 Å². The zero-order valence-electron chi connectivity index (χ0n) is 15.4. The van der Waals surface area contributed by atoms with Gasteiger partial charge in [0.25, 0.3) is 5.69 Å². The summed E-state index contributed by atoms with van der Waals surface area (Å²) in [6, 6.07) is 17.7. The Bertz CT molecular complexity index is 1070. The molecular formula is C21H19N3O4S. The molecular weight excluding hydrogens is 390 g/mol. The van der Waals surface area contributed by atoms with E-state index in [9.17, 15) is 15.2 Å². The lowest BCUT2D eigenvalue weighted by molar-refractivity contribution is -0.384. The molecule has 0 saturated carbocycles. The number of hydrogen-bond donors (Lipinski definition) is 3. The number of aliphatic hydroxyl groups is 1. The van der Waals surface area contributed by atoms with E-state index in [4.69, 9.17) is 17.0 Å². The largest absolute Gasteiger partial charge is 0.493 e. The zero-order chi connectivity index (χ0) is 20.4. The van der Waals surface area contributed by atoms with Crippen LogP contribution in [0, 0.1) is 16.0 Å². The summed E-state index contributed by atoms with van der Waals surface area (Å²) in [5.74, 6) is 0.592. The molecule has 3 N–H and O–H groups in total. The van der Waals surface area contributed by atoms with E-state index in [0.717, 1.165) is 22.1 Å². The Balaban J connectivity index is 1.61. The van der Waals surface area contributed by atoms with Crippen LogP contribution in [0.2, 0.25) is 0 Å². The first-order valence-electron chi connectivity index (χ1n) is 9.14. The van der Waals surface area contributed by atoms with E-state index in [0.29, 0.717) is 17.4 Å². The fourth-order valence-corrected chi connectivity index (χ4v) is 3.82. The molecule has 0 unspecified atom stereocenters. The molecule has 0 radical (unpaired) electrons. The van der Waals surface area contributed by atoms with E-state index in [1.54, 1.807) is 12.1 Å². The van der Waals surface area contributed by atoms with Crippen molar-refractivity contribution in [2.75, 3.05) is 18.5 Å². The van der Waals surface area contributed by atoms with Gasteiger partial charge in [-0.05, 0) is 41.2 Å². The summed E-state index contributed by atoms with van der Waals surface area (Å²) in [5, 5.41) is 29.5. The number of rotatable bonds is 4. The number of nitrogens with zero attached hydrogens (tertiary/aromatic N) is 1. The van der Waals surface area contributed by atoms with Crippen LogP contribution in [0.4, 0.5) is 11.4 Å². The van der Waals surface area contributed by atoms with Crippen molar-refractivity contribution in [2.24, 2.45) is 5.92 Å². The van der Waals surface area contributed by atoms with E-state index >= 15 is 0 Å². The van der Waals surface area contributed by atoms with Crippen LogP contribution < -0.4 is 15.4 Å². The van der Waals surface area contributed by atoms with Crippen LogP contribution in [-0.4, -0.2) is 28.4 Å². The Morgan fingerprint density at radius 2 is 1.93 bits per heavy atom. The molecule has 0 amide bonds. The number of aliphatic hydroxyl groups excluding tert-OH is 1. The van der Waals surface area contributed by atoms with E-state index in [-0.39, 0.29) is 24.3 Å². The van der Waals surface area contributed by atoms with Crippen molar-refractivity contribution in [3.8, 4) is 5.75 Å². The molecule has 2 atom stereocenters. The van der Waals surface area contributed by atoms with Gasteiger partial charge in [0.1, 0.15) is 5.75 Å². The van der Waals surface area contributed by atoms with Crippen molar-refractivity contribution in [1.29, 1.82) is 0 Å². The number of anilines is 1. The minimum atomic E-state index is -0.448. The molecule has 8 heteroatoms. The van der Waals surface area contributed by atoms with E-state index in [2.05, 4.69) is 10.6 Å². The second-order valence-corrected chi connectivity index (χ2v) is 7.24. The molecule has 0 aliphatic carbocycles. The van der Waals surface area contributed by atoms with Crippen molar-refractivity contribution in [3.63, 3.8) is 0 Å². The van der Waals surface area contributed by atoms with Crippen molar-refractivity contribution < 1.29 is 14.8 Å². The van der Waals surface area contributed by atoms with Gasteiger partial charge in [-0.1, -0.05) is 30.3 Å². The maximum atomic E-state index is 10.8. The number of ether oxygens (including phenoxy) is 1. The van der Waals surface area contributed by atoms with Crippen LogP contribution in [0.15, 0.2) is 60.7 Å². The lowest BCUT2D eigenvalue weighted by atomic mass is 9.87. The number of non-ortho nitro benzene ring substituents is 1. The molecule has 29 heavy (non-hydrogen) atoms. The number of benzene rings is 3. The van der Waals surface area contributed by atoms with Gasteiger partial charge in [0.05, 0.1) is 24.2 Å². The van der Waals surface area contributed by atoms with E-state index in [1.807, 2.05) is 36.4 Å². The summed E-state index contributed by atoms with van der Waals surface area (Å²) in [6.45, 7) is 0.320. The number of thiocarbonyl (C=S) groups is 1. The topological polar surface area (TPSA) is 96.7 Å². The first-order valence-corrected chi connectivity index (χ1v) is 9.55. The van der Waals surface area contributed by atoms with Gasteiger partial charge < -0.3 is 20.5 Å². The lowest BCUT2D eigenvalue weighted by Crippen LogP contribution is -2.42. The van der Waals surface area contributed by atoms with Gasteiger partial charge in [0.2, 0.25) is 0 Å². The average molecular weight is 409 g/mol. The van der Waals surface area contributed by atoms with Gasteiger partial charge in [-0.25, -0.2) is 0 Å². The molecule has 148 valence electrons. The van der Waals surface area contributed by atoms with E-state index in [1.165, 1.54) is 12.1 Å². The summed E-state index contributed by atoms with van der Waals surface area (Å²) >= 11 is 5.48. The number of nitro groups is 1. The molecule has 0 aromatic heterocycles. The normalized spacial score (nSPS) is 17.8. The molecule has 0 saturated heterocycles. The Labute approximate surface area is 172 Å². The van der Waals surface area contributed by atoms with Crippen LogP contribution >= 0.6 is 12.2 Å². The smallest absolute Gasteiger partial charge is 0.269 e. The molecule has 0 fully saturated rings. The van der Waals surface area contributed by atoms with Crippen LogP contribution in [0.1, 0.15) is 11.6 Å². The Hall–Kier alpha value is -3.23. The van der Waals surface area contributed by atoms with Crippen molar-refractivity contribution in [1.82, 2.24) is 5.32 Å². The van der Waals surface area contributed by atoms with Crippen LogP contribution in [-0.2, 0) is 0 Å². The summed E-state index contributed by atoms with van der Waals surface area (Å²) in [6.07, 6.45) is 0. The lowest BCUT2D eigenvalue weighted by Gasteiger charge is -2.34. The third-order valence-corrected chi connectivity index (χ3v) is 5.24. The quantitative estimate of drug-likeness (QED) is 0.343. The summed E-state index contributed by atoms with van der Waals surface area (Å²) in [7, 11) is 0. The highest BCUT2D eigenvalue weighted by Gasteiger charge is 2.32. The van der Waals surface area contributed by atoms with Crippen molar-refractivity contribution in [3.05, 3.63) is 76.3 Å². The predicted molar refractivity (Wildman–Crippen MR) is 115 cm³/mol. The molecule has 3 aromatic rings. The van der Waals surface area contributed by atoms with Crippen LogP contribution in [0.3, 0.4) is 0 Å². The standard InChI is InChI=1S/C21H19N3O4S/c25-11-14-12-28-18-10-5-13-3-1-2-4-17(13)19(18)20(14)23-21(29)22-15-6-8-16(9-7-15)24(26)27/h1-10,14,20,25H,11-12H2,(H2,22,23,29)/t14-,20-/m0/s1. The molecule has 0 bridgehead atoms. The molecule has 0 spiro atoms. The fraction of sp³-hybridized carbons (Fsp3) is 0.190. The van der Waals surface area contributed by atoms with Crippen molar-refractivity contribution in [2.45, 2.75) is 6.04 Å². The number of fused-ring (bicyclic) bond motifs is 3. The molecule has 3 aromatic carbocycles. The first kappa shape index (κ1) is 19.1. The zero-order valence-corrected chi connectivity index (χ0v) is 16.2. The van der Waals surface area contributed by atoms with Gasteiger partial charge in [-0.2, -0.15) is 0 Å². The average Bonchev–Trinajstić information content (AvgIpc) is 2.74. The minimum absolute atomic E-state index is 0.0135. The molecule has 4 rings (SSSR count). The fourth-order valence-electron chi connectivity index (χ4n) is 3.57. The molecule has 7 nitrogen and oxygen atoms in total. The molecule has 1 heterocycles.